The Hall–Kier alpha value is -0.700. The van der Waals surface area contributed by atoms with Crippen LogP contribution in [0.5, 0.6) is 0 Å². The first-order valence-corrected chi connectivity index (χ1v) is 5.46. The minimum atomic E-state index is -0.403. The number of carbonyl (C=O) groups excluding carboxylic acids is 2. The van der Waals surface area contributed by atoms with Gasteiger partial charge >= 0.3 is 0 Å². The summed E-state index contributed by atoms with van der Waals surface area (Å²) in [5.74, 6) is 0.0974. The van der Waals surface area contributed by atoms with Gasteiger partial charge in [-0.25, -0.2) is 0 Å². The lowest BCUT2D eigenvalue weighted by molar-refractivity contribution is -0.142. The Morgan fingerprint density at radius 1 is 1.53 bits per heavy atom. The zero-order chi connectivity index (χ0) is 11.6. The summed E-state index contributed by atoms with van der Waals surface area (Å²) in [6.45, 7) is 5.87. The molecule has 2 unspecified atom stereocenters. The van der Waals surface area contributed by atoms with E-state index in [-0.39, 0.29) is 22.9 Å². The molecule has 0 saturated heterocycles. The number of carbonyl (C=O) groups is 2. The predicted octanol–water partition coefficient (Wildman–Crippen LogP) is 1.99. The smallest absolute Gasteiger partial charge is 0.165 e. The van der Waals surface area contributed by atoms with Crippen molar-refractivity contribution in [3.8, 4) is 0 Å². The van der Waals surface area contributed by atoms with Crippen LogP contribution in [0.2, 0.25) is 0 Å². The largest absolute Gasteiger partial charge is 0.374 e. The SMILES string of the molecule is COC(C)C(=O)C1CC(=O)CCC1(C)C. The molecule has 0 amide bonds. The van der Waals surface area contributed by atoms with Crippen LogP contribution in [-0.2, 0) is 14.3 Å². The Balaban J connectivity index is 2.80. The third kappa shape index (κ3) is 2.65. The molecule has 0 aromatic rings. The van der Waals surface area contributed by atoms with Crippen molar-refractivity contribution in [2.75, 3.05) is 7.11 Å². The van der Waals surface area contributed by atoms with E-state index < -0.39 is 6.10 Å². The van der Waals surface area contributed by atoms with E-state index in [1.807, 2.05) is 0 Å². The quantitative estimate of drug-likeness (QED) is 0.718. The molecule has 86 valence electrons. The molecule has 0 heterocycles. The molecular formula is C12H20O3. The summed E-state index contributed by atoms with van der Waals surface area (Å²) >= 11 is 0. The van der Waals surface area contributed by atoms with E-state index in [1.165, 1.54) is 7.11 Å². The summed E-state index contributed by atoms with van der Waals surface area (Å²) in [5.41, 5.74) is -0.0716. The van der Waals surface area contributed by atoms with Crippen molar-refractivity contribution in [2.24, 2.45) is 11.3 Å². The number of Topliss-reactive ketones (excluding diaryl/α,β-unsaturated/α-hetero) is 2. The highest BCUT2D eigenvalue weighted by atomic mass is 16.5. The lowest BCUT2D eigenvalue weighted by Crippen LogP contribution is -2.41. The number of hydrogen-bond acceptors (Lipinski definition) is 3. The number of ether oxygens (including phenoxy) is 1. The van der Waals surface area contributed by atoms with Gasteiger partial charge in [0.25, 0.3) is 0 Å². The van der Waals surface area contributed by atoms with Crippen molar-refractivity contribution >= 4 is 11.6 Å². The average molecular weight is 212 g/mol. The maximum Gasteiger partial charge on any atom is 0.165 e. The Kier molecular flexibility index (Phi) is 3.66. The van der Waals surface area contributed by atoms with Crippen LogP contribution >= 0.6 is 0 Å². The molecule has 0 aromatic carbocycles. The molecule has 0 aromatic heterocycles. The highest BCUT2D eigenvalue weighted by Gasteiger charge is 2.41. The maximum absolute atomic E-state index is 12.0. The van der Waals surface area contributed by atoms with Crippen molar-refractivity contribution in [2.45, 2.75) is 46.1 Å². The van der Waals surface area contributed by atoms with Crippen molar-refractivity contribution in [3.63, 3.8) is 0 Å². The second kappa shape index (κ2) is 4.44. The van der Waals surface area contributed by atoms with Crippen LogP contribution < -0.4 is 0 Å². The summed E-state index contributed by atoms with van der Waals surface area (Å²) < 4.78 is 5.03. The molecule has 15 heavy (non-hydrogen) atoms. The van der Waals surface area contributed by atoms with E-state index in [2.05, 4.69) is 13.8 Å². The topological polar surface area (TPSA) is 43.4 Å². The molecule has 0 spiro atoms. The third-order valence-electron chi connectivity index (χ3n) is 3.52. The summed E-state index contributed by atoms with van der Waals surface area (Å²) in [6, 6.07) is 0. The van der Waals surface area contributed by atoms with Gasteiger partial charge in [-0.3, -0.25) is 9.59 Å². The van der Waals surface area contributed by atoms with Gasteiger partial charge in [0.05, 0.1) is 0 Å². The molecule has 3 heteroatoms. The molecule has 3 nitrogen and oxygen atoms in total. The Morgan fingerprint density at radius 3 is 2.67 bits per heavy atom. The van der Waals surface area contributed by atoms with Gasteiger partial charge in [-0.1, -0.05) is 13.8 Å². The fourth-order valence-electron chi connectivity index (χ4n) is 2.13. The number of hydrogen-bond donors (Lipinski definition) is 0. The highest BCUT2D eigenvalue weighted by Crippen LogP contribution is 2.40. The number of rotatable bonds is 3. The average Bonchev–Trinajstić information content (AvgIpc) is 2.19. The van der Waals surface area contributed by atoms with Gasteiger partial charge in [-0.15, -0.1) is 0 Å². The van der Waals surface area contributed by atoms with Gasteiger partial charge in [0.1, 0.15) is 11.9 Å². The number of methoxy groups -OCH3 is 1. The van der Waals surface area contributed by atoms with E-state index in [0.717, 1.165) is 6.42 Å². The Bertz CT molecular complexity index is 268. The summed E-state index contributed by atoms with van der Waals surface area (Å²) in [4.78, 5) is 23.4. The van der Waals surface area contributed by atoms with Crippen LogP contribution in [0, 0.1) is 11.3 Å². The molecule has 2 atom stereocenters. The maximum atomic E-state index is 12.0. The van der Waals surface area contributed by atoms with Gasteiger partial charge in [-0.2, -0.15) is 0 Å². The zero-order valence-electron chi connectivity index (χ0n) is 10.0. The first-order chi connectivity index (χ1) is 6.88. The molecule has 1 aliphatic rings. The van der Waals surface area contributed by atoms with Crippen molar-refractivity contribution < 1.29 is 14.3 Å². The van der Waals surface area contributed by atoms with Crippen molar-refractivity contribution in [1.82, 2.24) is 0 Å². The Morgan fingerprint density at radius 2 is 2.13 bits per heavy atom. The zero-order valence-corrected chi connectivity index (χ0v) is 10.0. The van der Waals surface area contributed by atoms with Crippen molar-refractivity contribution in [3.05, 3.63) is 0 Å². The molecule has 0 radical (unpaired) electrons. The summed E-state index contributed by atoms with van der Waals surface area (Å²) in [6.07, 6.45) is 1.40. The minimum absolute atomic E-state index is 0.0653. The van der Waals surface area contributed by atoms with Gasteiger partial charge < -0.3 is 4.74 Å². The van der Waals surface area contributed by atoms with E-state index in [4.69, 9.17) is 4.74 Å². The van der Waals surface area contributed by atoms with Crippen LogP contribution in [0.15, 0.2) is 0 Å². The third-order valence-corrected chi connectivity index (χ3v) is 3.52. The second-order valence-corrected chi connectivity index (χ2v) is 5.06. The van der Waals surface area contributed by atoms with Crippen LogP contribution in [0.4, 0.5) is 0 Å². The molecular weight excluding hydrogens is 192 g/mol. The highest BCUT2D eigenvalue weighted by molar-refractivity contribution is 5.92. The normalized spacial score (nSPS) is 27.5. The van der Waals surface area contributed by atoms with Gasteiger partial charge in [0.15, 0.2) is 5.78 Å². The Labute approximate surface area is 91.2 Å². The van der Waals surface area contributed by atoms with Crippen LogP contribution in [-0.4, -0.2) is 24.8 Å². The monoisotopic (exact) mass is 212 g/mol. The van der Waals surface area contributed by atoms with Crippen LogP contribution in [0.25, 0.3) is 0 Å². The standard InChI is InChI=1S/C12H20O3/c1-8(15-4)11(14)10-7-9(13)5-6-12(10,2)3/h8,10H,5-7H2,1-4H3. The minimum Gasteiger partial charge on any atom is -0.374 e. The van der Waals surface area contributed by atoms with Crippen LogP contribution in [0.1, 0.15) is 40.0 Å². The van der Waals surface area contributed by atoms with Crippen LogP contribution in [0.3, 0.4) is 0 Å². The molecule has 1 fully saturated rings. The van der Waals surface area contributed by atoms with Gasteiger partial charge in [0, 0.05) is 25.9 Å². The van der Waals surface area contributed by atoms with E-state index >= 15 is 0 Å². The van der Waals surface area contributed by atoms with E-state index in [9.17, 15) is 9.59 Å². The van der Waals surface area contributed by atoms with Gasteiger partial charge in [-0.05, 0) is 18.8 Å². The summed E-state index contributed by atoms with van der Waals surface area (Å²) in [5, 5.41) is 0. The molecule has 1 saturated carbocycles. The first-order valence-electron chi connectivity index (χ1n) is 5.46. The van der Waals surface area contributed by atoms with Crippen molar-refractivity contribution in [1.29, 1.82) is 0 Å². The number of ketones is 2. The predicted molar refractivity (Wildman–Crippen MR) is 57.6 cm³/mol. The fourth-order valence-corrected chi connectivity index (χ4v) is 2.13. The fraction of sp³-hybridized carbons (Fsp3) is 0.833. The van der Waals surface area contributed by atoms with Gasteiger partial charge in [0.2, 0.25) is 0 Å². The molecule has 0 aliphatic heterocycles. The molecule has 0 N–H and O–H groups in total. The lowest BCUT2D eigenvalue weighted by atomic mass is 9.66. The van der Waals surface area contributed by atoms with E-state index in [0.29, 0.717) is 12.8 Å². The first kappa shape index (κ1) is 12.4. The molecule has 0 bridgehead atoms. The lowest BCUT2D eigenvalue weighted by Gasteiger charge is -2.37. The van der Waals surface area contributed by atoms with E-state index in [1.54, 1.807) is 6.92 Å². The molecule has 1 aliphatic carbocycles. The summed E-state index contributed by atoms with van der Waals surface area (Å²) in [7, 11) is 1.53. The second-order valence-electron chi connectivity index (χ2n) is 5.06. The molecule has 1 rings (SSSR count).